The van der Waals surface area contributed by atoms with Gasteiger partial charge in [-0.25, -0.2) is 4.39 Å². The summed E-state index contributed by atoms with van der Waals surface area (Å²) >= 11 is 0. The van der Waals surface area contributed by atoms with Crippen molar-refractivity contribution in [2.45, 2.75) is 25.3 Å². The van der Waals surface area contributed by atoms with Crippen molar-refractivity contribution in [2.75, 3.05) is 5.32 Å². The van der Waals surface area contributed by atoms with Crippen molar-refractivity contribution in [1.29, 1.82) is 0 Å². The molecule has 1 fully saturated rings. The lowest BCUT2D eigenvalue weighted by atomic mass is 10.2. The first kappa shape index (κ1) is 12.5. The Kier molecular flexibility index (Phi) is 3.05. The molecule has 1 saturated carbocycles. The molecule has 0 unspecified atom stereocenters. The Morgan fingerprint density at radius 3 is 2.95 bits per heavy atom. The molecular weight excluding hydrogens is 267 g/mol. The van der Waals surface area contributed by atoms with E-state index in [0.29, 0.717) is 17.7 Å². The van der Waals surface area contributed by atoms with Crippen LogP contribution in [-0.2, 0) is 6.54 Å². The van der Waals surface area contributed by atoms with Gasteiger partial charge in [0.2, 0.25) is 11.8 Å². The van der Waals surface area contributed by atoms with Gasteiger partial charge < -0.3 is 9.73 Å². The third-order valence-electron chi connectivity index (χ3n) is 3.00. The molecule has 0 bridgehead atoms. The zero-order chi connectivity index (χ0) is 14.1. The number of hydrogen-bond acceptors (Lipinski definition) is 6. The Bertz CT molecular complexity index is 654. The zero-order valence-corrected chi connectivity index (χ0v) is 10.4. The molecule has 1 aromatic carbocycles. The van der Waals surface area contributed by atoms with E-state index in [4.69, 9.17) is 4.42 Å². The summed E-state index contributed by atoms with van der Waals surface area (Å²) in [7, 11) is 0. The van der Waals surface area contributed by atoms with Gasteiger partial charge in [0.25, 0.3) is 5.69 Å². The van der Waals surface area contributed by atoms with Crippen LogP contribution in [0.4, 0.5) is 15.8 Å². The Hall–Kier alpha value is -2.51. The normalized spacial score (nSPS) is 14.2. The second-order valence-corrected chi connectivity index (χ2v) is 4.58. The largest absolute Gasteiger partial charge is 0.423 e. The van der Waals surface area contributed by atoms with Gasteiger partial charge >= 0.3 is 0 Å². The first-order valence-corrected chi connectivity index (χ1v) is 6.13. The molecule has 1 aromatic heterocycles. The predicted molar refractivity (Wildman–Crippen MR) is 66.7 cm³/mol. The van der Waals surface area contributed by atoms with Gasteiger partial charge in [0.1, 0.15) is 11.5 Å². The van der Waals surface area contributed by atoms with Crippen LogP contribution in [0.3, 0.4) is 0 Å². The number of nitro groups is 1. The molecular formula is C12H11FN4O3. The minimum Gasteiger partial charge on any atom is -0.423 e. The van der Waals surface area contributed by atoms with Crippen molar-refractivity contribution in [1.82, 2.24) is 10.2 Å². The van der Waals surface area contributed by atoms with Gasteiger partial charge in [-0.3, -0.25) is 10.1 Å². The van der Waals surface area contributed by atoms with Crippen molar-refractivity contribution in [3.8, 4) is 0 Å². The maximum atomic E-state index is 13.0. The molecule has 0 radical (unpaired) electrons. The number of nitrogens with one attached hydrogen (secondary N) is 1. The minimum absolute atomic E-state index is 0.159. The second-order valence-electron chi connectivity index (χ2n) is 4.58. The average Bonchev–Trinajstić information content (AvgIpc) is 3.17. The topological polar surface area (TPSA) is 94.1 Å². The maximum absolute atomic E-state index is 13.0. The van der Waals surface area contributed by atoms with E-state index >= 15 is 0 Å². The summed E-state index contributed by atoms with van der Waals surface area (Å²) in [6.07, 6.45) is 2.11. The number of rotatable bonds is 5. The number of anilines is 1. The van der Waals surface area contributed by atoms with E-state index in [9.17, 15) is 14.5 Å². The maximum Gasteiger partial charge on any atom is 0.295 e. The summed E-state index contributed by atoms with van der Waals surface area (Å²) in [4.78, 5) is 10.2. The summed E-state index contributed by atoms with van der Waals surface area (Å²) in [6, 6.07) is 3.33. The van der Waals surface area contributed by atoms with Crippen LogP contribution in [0.25, 0.3) is 0 Å². The molecule has 7 nitrogen and oxygen atoms in total. The first-order chi connectivity index (χ1) is 9.63. The van der Waals surface area contributed by atoms with E-state index in [1.807, 2.05) is 0 Å². The number of nitro benzene ring substituents is 1. The third-order valence-corrected chi connectivity index (χ3v) is 3.00. The predicted octanol–water partition coefficient (Wildman–Crippen LogP) is 2.61. The molecule has 20 heavy (non-hydrogen) atoms. The van der Waals surface area contributed by atoms with Gasteiger partial charge in [-0.2, -0.15) is 0 Å². The van der Waals surface area contributed by atoms with Crippen molar-refractivity contribution in [3.63, 3.8) is 0 Å². The molecule has 1 heterocycles. The summed E-state index contributed by atoms with van der Waals surface area (Å²) in [5.74, 6) is 0.661. The molecule has 8 heteroatoms. The summed E-state index contributed by atoms with van der Waals surface area (Å²) in [5, 5.41) is 21.4. The van der Waals surface area contributed by atoms with Crippen LogP contribution in [-0.4, -0.2) is 15.1 Å². The smallest absolute Gasteiger partial charge is 0.295 e. The lowest BCUT2D eigenvalue weighted by Gasteiger charge is -2.04. The monoisotopic (exact) mass is 278 g/mol. The fourth-order valence-corrected chi connectivity index (χ4v) is 1.81. The lowest BCUT2D eigenvalue weighted by molar-refractivity contribution is -0.384. The molecule has 1 N–H and O–H groups in total. The van der Waals surface area contributed by atoms with Crippen LogP contribution < -0.4 is 5.32 Å². The van der Waals surface area contributed by atoms with Crippen LogP contribution >= 0.6 is 0 Å². The number of hydrogen-bond donors (Lipinski definition) is 1. The minimum atomic E-state index is -0.656. The zero-order valence-electron chi connectivity index (χ0n) is 10.4. The molecule has 104 valence electrons. The Labute approximate surface area is 113 Å². The van der Waals surface area contributed by atoms with E-state index < -0.39 is 10.7 Å². The molecule has 1 aliphatic carbocycles. The van der Waals surface area contributed by atoms with Gasteiger partial charge in [0, 0.05) is 5.92 Å². The Morgan fingerprint density at radius 1 is 1.45 bits per heavy atom. The van der Waals surface area contributed by atoms with Gasteiger partial charge in [0.15, 0.2) is 0 Å². The van der Waals surface area contributed by atoms with Crippen molar-refractivity contribution in [2.24, 2.45) is 0 Å². The number of aromatic nitrogens is 2. The van der Waals surface area contributed by atoms with E-state index in [2.05, 4.69) is 15.5 Å². The standard InChI is InChI=1S/C12H11FN4O3/c13-8-3-4-9(10(5-8)17(18)19)14-6-11-15-16-12(20-11)7-1-2-7/h3-5,7,14H,1-2,6H2. The Morgan fingerprint density at radius 2 is 2.25 bits per heavy atom. The first-order valence-electron chi connectivity index (χ1n) is 6.13. The van der Waals surface area contributed by atoms with E-state index in [1.165, 1.54) is 6.07 Å². The van der Waals surface area contributed by atoms with Crippen LogP contribution in [0.5, 0.6) is 0 Å². The van der Waals surface area contributed by atoms with Crippen LogP contribution in [0.2, 0.25) is 0 Å². The number of nitrogens with zero attached hydrogens (tertiary/aromatic N) is 3. The van der Waals surface area contributed by atoms with Crippen LogP contribution in [0, 0.1) is 15.9 Å². The van der Waals surface area contributed by atoms with E-state index in [0.717, 1.165) is 25.0 Å². The SMILES string of the molecule is O=[N+]([O-])c1cc(F)ccc1NCc1nnc(C2CC2)o1. The van der Waals surface area contributed by atoms with Gasteiger partial charge in [-0.05, 0) is 25.0 Å². The van der Waals surface area contributed by atoms with Crippen LogP contribution in [0.1, 0.15) is 30.5 Å². The second kappa shape index (κ2) is 4.87. The Balaban J connectivity index is 1.72. The quantitative estimate of drug-likeness (QED) is 0.667. The van der Waals surface area contributed by atoms with Gasteiger partial charge in [0.05, 0.1) is 17.5 Å². The molecule has 0 atom stereocenters. The molecule has 3 rings (SSSR count). The molecule has 0 amide bonds. The molecule has 0 spiro atoms. The highest BCUT2D eigenvalue weighted by molar-refractivity contribution is 5.61. The molecule has 1 aliphatic rings. The highest BCUT2D eigenvalue weighted by Gasteiger charge is 2.29. The highest BCUT2D eigenvalue weighted by Crippen LogP contribution is 2.39. The van der Waals surface area contributed by atoms with Crippen molar-refractivity contribution in [3.05, 3.63) is 45.9 Å². The number of halogens is 1. The van der Waals surface area contributed by atoms with Crippen molar-refractivity contribution >= 4 is 11.4 Å². The molecule has 0 saturated heterocycles. The molecule has 0 aliphatic heterocycles. The van der Waals surface area contributed by atoms with Crippen LogP contribution in [0.15, 0.2) is 22.6 Å². The van der Waals surface area contributed by atoms with Gasteiger partial charge in [-0.15, -0.1) is 10.2 Å². The summed E-state index contributed by atoms with van der Waals surface area (Å²) in [5.41, 5.74) is -0.116. The highest BCUT2D eigenvalue weighted by atomic mass is 19.1. The van der Waals surface area contributed by atoms with Gasteiger partial charge in [-0.1, -0.05) is 0 Å². The number of benzene rings is 1. The average molecular weight is 278 g/mol. The fourth-order valence-electron chi connectivity index (χ4n) is 1.81. The lowest BCUT2D eigenvalue weighted by Crippen LogP contribution is -2.03. The fraction of sp³-hybridized carbons (Fsp3) is 0.333. The summed E-state index contributed by atoms with van der Waals surface area (Å²) in [6.45, 7) is 0.159. The van der Waals surface area contributed by atoms with E-state index in [-0.39, 0.29) is 17.9 Å². The molecule has 2 aromatic rings. The summed E-state index contributed by atoms with van der Waals surface area (Å²) < 4.78 is 18.4. The van der Waals surface area contributed by atoms with Crippen molar-refractivity contribution < 1.29 is 13.7 Å². The third kappa shape index (κ3) is 2.58. The van der Waals surface area contributed by atoms with E-state index in [1.54, 1.807) is 0 Å².